The molecule has 0 fully saturated rings. The fourth-order valence-electron chi connectivity index (χ4n) is 1.36. The summed E-state index contributed by atoms with van der Waals surface area (Å²) >= 11 is 0. The maximum atomic E-state index is 13.5. The van der Waals surface area contributed by atoms with Gasteiger partial charge >= 0.3 is 0 Å². The van der Waals surface area contributed by atoms with Crippen molar-refractivity contribution in [1.29, 1.82) is 5.26 Å². The lowest BCUT2D eigenvalue weighted by molar-refractivity contribution is 0.200. The van der Waals surface area contributed by atoms with Gasteiger partial charge in [0.15, 0.2) is 11.6 Å². The standard InChI is InChI=1S/C13H17FN2O/c1-3-13(16,4-2)9-17-12-6-5-10(8-15)7-11(12)14/h5-7H,3-4,9,16H2,1-2H3. The van der Waals surface area contributed by atoms with Crippen molar-refractivity contribution in [2.45, 2.75) is 32.2 Å². The van der Waals surface area contributed by atoms with Crippen molar-refractivity contribution >= 4 is 0 Å². The van der Waals surface area contributed by atoms with Crippen molar-refractivity contribution in [3.05, 3.63) is 29.6 Å². The fraction of sp³-hybridized carbons (Fsp3) is 0.462. The van der Waals surface area contributed by atoms with Crippen LogP contribution in [-0.4, -0.2) is 12.1 Å². The van der Waals surface area contributed by atoms with Crippen LogP contribution in [0.5, 0.6) is 5.75 Å². The third kappa shape index (κ3) is 3.43. The second-order valence-electron chi connectivity index (χ2n) is 4.12. The number of nitrogens with two attached hydrogens (primary N) is 1. The molecule has 1 aromatic carbocycles. The van der Waals surface area contributed by atoms with Crippen molar-refractivity contribution in [2.24, 2.45) is 5.73 Å². The van der Waals surface area contributed by atoms with Gasteiger partial charge in [-0.25, -0.2) is 4.39 Å². The smallest absolute Gasteiger partial charge is 0.166 e. The maximum absolute atomic E-state index is 13.5. The third-order valence-corrected chi connectivity index (χ3v) is 2.98. The first kappa shape index (κ1) is 13.5. The van der Waals surface area contributed by atoms with Gasteiger partial charge in [0.1, 0.15) is 6.61 Å². The molecule has 0 amide bonds. The highest BCUT2D eigenvalue weighted by Crippen LogP contribution is 2.20. The lowest BCUT2D eigenvalue weighted by atomic mass is 9.96. The second kappa shape index (κ2) is 5.65. The molecule has 0 aliphatic rings. The second-order valence-corrected chi connectivity index (χ2v) is 4.12. The summed E-state index contributed by atoms with van der Waals surface area (Å²) in [7, 11) is 0. The Morgan fingerprint density at radius 2 is 2.06 bits per heavy atom. The molecule has 3 nitrogen and oxygen atoms in total. The van der Waals surface area contributed by atoms with Gasteiger partial charge in [-0.05, 0) is 31.0 Å². The van der Waals surface area contributed by atoms with Crippen LogP contribution in [0.1, 0.15) is 32.3 Å². The number of nitrogens with zero attached hydrogens (tertiary/aromatic N) is 1. The van der Waals surface area contributed by atoms with Gasteiger partial charge in [-0.1, -0.05) is 13.8 Å². The van der Waals surface area contributed by atoms with E-state index < -0.39 is 11.4 Å². The van der Waals surface area contributed by atoms with Crippen LogP contribution in [0.3, 0.4) is 0 Å². The molecule has 0 heterocycles. The zero-order valence-electron chi connectivity index (χ0n) is 10.2. The predicted molar refractivity (Wildman–Crippen MR) is 64.1 cm³/mol. The number of ether oxygens (including phenoxy) is 1. The van der Waals surface area contributed by atoms with Crippen LogP contribution in [0.25, 0.3) is 0 Å². The van der Waals surface area contributed by atoms with Gasteiger partial charge in [-0.15, -0.1) is 0 Å². The Hall–Kier alpha value is -1.60. The first-order chi connectivity index (χ1) is 8.04. The van der Waals surface area contributed by atoms with E-state index in [9.17, 15) is 4.39 Å². The van der Waals surface area contributed by atoms with Crippen LogP contribution in [-0.2, 0) is 0 Å². The van der Waals surface area contributed by atoms with Crippen LogP contribution >= 0.6 is 0 Å². The van der Waals surface area contributed by atoms with Gasteiger partial charge in [0.25, 0.3) is 0 Å². The molecule has 0 aliphatic heterocycles. The molecule has 92 valence electrons. The lowest BCUT2D eigenvalue weighted by Gasteiger charge is -2.26. The fourth-order valence-corrected chi connectivity index (χ4v) is 1.36. The molecular weight excluding hydrogens is 219 g/mol. The van der Waals surface area contributed by atoms with Crippen LogP contribution in [0.4, 0.5) is 4.39 Å². The van der Waals surface area contributed by atoms with Crippen molar-refractivity contribution in [3.63, 3.8) is 0 Å². The molecule has 0 saturated heterocycles. The maximum Gasteiger partial charge on any atom is 0.166 e. The summed E-state index contributed by atoms with van der Waals surface area (Å²) in [6.07, 6.45) is 1.53. The van der Waals surface area contributed by atoms with Crippen molar-refractivity contribution in [3.8, 4) is 11.8 Å². The highest BCUT2D eigenvalue weighted by atomic mass is 19.1. The zero-order valence-corrected chi connectivity index (χ0v) is 10.2. The molecule has 0 atom stereocenters. The normalized spacial score (nSPS) is 11.0. The van der Waals surface area contributed by atoms with E-state index in [1.54, 1.807) is 0 Å². The summed E-state index contributed by atoms with van der Waals surface area (Å²) in [4.78, 5) is 0. The summed E-state index contributed by atoms with van der Waals surface area (Å²) in [5.41, 5.74) is 5.90. The quantitative estimate of drug-likeness (QED) is 0.854. The molecule has 0 aliphatic carbocycles. The molecule has 17 heavy (non-hydrogen) atoms. The minimum absolute atomic E-state index is 0.140. The van der Waals surface area contributed by atoms with E-state index in [0.29, 0.717) is 0 Å². The molecule has 0 spiro atoms. The third-order valence-electron chi connectivity index (χ3n) is 2.98. The van der Waals surface area contributed by atoms with Gasteiger partial charge in [0.2, 0.25) is 0 Å². The van der Waals surface area contributed by atoms with Crippen LogP contribution in [0, 0.1) is 17.1 Å². The van der Waals surface area contributed by atoms with Crippen LogP contribution in [0.2, 0.25) is 0 Å². The van der Waals surface area contributed by atoms with E-state index >= 15 is 0 Å². The molecule has 1 rings (SSSR count). The zero-order chi connectivity index (χ0) is 12.9. The van der Waals surface area contributed by atoms with Gasteiger partial charge in [0, 0.05) is 5.54 Å². The largest absolute Gasteiger partial charge is 0.489 e. The molecule has 0 radical (unpaired) electrons. The lowest BCUT2D eigenvalue weighted by Crippen LogP contribution is -2.44. The van der Waals surface area contributed by atoms with E-state index in [4.69, 9.17) is 15.7 Å². The van der Waals surface area contributed by atoms with E-state index in [-0.39, 0.29) is 17.9 Å². The first-order valence-electron chi connectivity index (χ1n) is 5.66. The minimum Gasteiger partial charge on any atom is -0.489 e. The molecule has 0 saturated carbocycles. The van der Waals surface area contributed by atoms with E-state index in [0.717, 1.165) is 18.9 Å². The summed E-state index contributed by atoms with van der Waals surface area (Å²) in [6.45, 7) is 4.22. The van der Waals surface area contributed by atoms with E-state index in [1.807, 2.05) is 19.9 Å². The van der Waals surface area contributed by atoms with Gasteiger partial charge < -0.3 is 10.5 Å². The average molecular weight is 236 g/mol. The highest BCUT2D eigenvalue weighted by molar-refractivity contribution is 5.36. The highest BCUT2D eigenvalue weighted by Gasteiger charge is 2.21. The molecule has 4 heteroatoms. The van der Waals surface area contributed by atoms with Crippen molar-refractivity contribution < 1.29 is 9.13 Å². The summed E-state index contributed by atoms with van der Waals surface area (Å²) < 4.78 is 18.9. The number of rotatable bonds is 5. The van der Waals surface area contributed by atoms with Crippen LogP contribution < -0.4 is 10.5 Å². The number of halogens is 1. The van der Waals surface area contributed by atoms with E-state index in [1.165, 1.54) is 12.1 Å². The number of benzene rings is 1. The van der Waals surface area contributed by atoms with Gasteiger partial charge in [0.05, 0.1) is 11.6 Å². The SMILES string of the molecule is CCC(N)(CC)COc1ccc(C#N)cc1F. The Bertz CT molecular complexity index is 422. The first-order valence-corrected chi connectivity index (χ1v) is 5.66. The minimum atomic E-state index is -0.529. The summed E-state index contributed by atoms with van der Waals surface area (Å²) in [5.74, 6) is -0.390. The number of hydrogen-bond donors (Lipinski definition) is 1. The topological polar surface area (TPSA) is 59.0 Å². The molecule has 1 aromatic rings. The molecule has 0 aromatic heterocycles. The Morgan fingerprint density at radius 3 is 2.53 bits per heavy atom. The van der Waals surface area contributed by atoms with Crippen LogP contribution in [0.15, 0.2) is 18.2 Å². The van der Waals surface area contributed by atoms with Crippen molar-refractivity contribution in [1.82, 2.24) is 0 Å². The molecular formula is C13H17FN2O. The average Bonchev–Trinajstić information content (AvgIpc) is 2.36. The Kier molecular flexibility index (Phi) is 4.47. The predicted octanol–water partition coefficient (Wildman–Crippen LogP) is 2.59. The summed E-state index contributed by atoms with van der Waals surface area (Å²) in [5, 5.41) is 8.61. The number of nitriles is 1. The Labute approximate surface area is 101 Å². The van der Waals surface area contributed by atoms with Gasteiger partial charge in [-0.2, -0.15) is 5.26 Å². The summed E-state index contributed by atoms with van der Waals surface area (Å²) in [6, 6.07) is 6.01. The Morgan fingerprint density at radius 1 is 1.41 bits per heavy atom. The number of hydrogen-bond acceptors (Lipinski definition) is 3. The monoisotopic (exact) mass is 236 g/mol. The van der Waals surface area contributed by atoms with Crippen molar-refractivity contribution in [2.75, 3.05) is 6.61 Å². The molecule has 0 bridgehead atoms. The molecule has 2 N–H and O–H groups in total. The van der Waals surface area contributed by atoms with E-state index in [2.05, 4.69) is 0 Å². The Balaban J connectivity index is 2.74. The molecule has 0 unspecified atom stereocenters. The van der Waals surface area contributed by atoms with Gasteiger partial charge in [-0.3, -0.25) is 0 Å².